The van der Waals surface area contributed by atoms with Crippen molar-refractivity contribution in [2.75, 3.05) is 26.0 Å². The molecule has 0 bridgehead atoms. The standard InChI is InChI=1S/C9H13ClN4O2/c1-14(2)6(15)3-4-11-8-7(10)9(16)13-5-12-8/h5H,3-4H2,1-2H3,(H2,11,12,13,16). The maximum atomic E-state index is 11.2. The van der Waals surface area contributed by atoms with Crippen LogP contribution in [0.1, 0.15) is 6.42 Å². The van der Waals surface area contributed by atoms with E-state index in [0.29, 0.717) is 13.0 Å². The Balaban J connectivity index is 2.53. The van der Waals surface area contributed by atoms with Gasteiger partial charge in [-0.25, -0.2) is 4.98 Å². The number of halogens is 1. The van der Waals surface area contributed by atoms with Crippen LogP contribution >= 0.6 is 11.6 Å². The van der Waals surface area contributed by atoms with Crippen molar-refractivity contribution in [2.24, 2.45) is 0 Å². The van der Waals surface area contributed by atoms with Crippen LogP contribution in [0.3, 0.4) is 0 Å². The fourth-order valence-electron chi connectivity index (χ4n) is 1.02. The van der Waals surface area contributed by atoms with E-state index in [1.54, 1.807) is 14.1 Å². The Morgan fingerprint density at radius 1 is 1.62 bits per heavy atom. The van der Waals surface area contributed by atoms with Crippen LogP contribution < -0.4 is 10.9 Å². The summed E-state index contributed by atoms with van der Waals surface area (Å²) in [5, 5.41) is 2.83. The van der Waals surface area contributed by atoms with Crippen LogP contribution in [0.15, 0.2) is 11.1 Å². The molecule has 0 saturated carbocycles. The first kappa shape index (κ1) is 12.5. The number of hydrogen-bond acceptors (Lipinski definition) is 4. The maximum Gasteiger partial charge on any atom is 0.271 e. The van der Waals surface area contributed by atoms with Gasteiger partial charge in [-0.1, -0.05) is 11.6 Å². The van der Waals surface area contributed by atoms with Crippen LogP contribution in [0, 0.1) is 0 Å². The Labute approximate surface area is 97.6 Å². The quantitative estimate of drug-likeness (QED) is 0.799. The summed E-state index contributed by atoms with van der Waals surface area (Å²) in [5.41, 5.74) is -0.405. The van der Waals surface area contributed by atoms with Crippen molar-refractivity contribution in [1.29, 1.82) is 0 Å². The Morgan fingerprint density at radius 3 is 2.94 bits per heavy atom. The molecule has 16 heavy (non-hydrogen) atoms. The SMILES string of the molecule is CN(C)C(=O)CCNc1nc[nH]c(=O)c1Cl. The number of rotatable bonds is 4. The van der Waals surface area contributed by atoms with E-state index in [1.807, 2.05) is 0 Å². The zero-order chi connectivity index (χ0) is 12.1. The van der Waals surface area contributed by atoms with Crippen molar-refractivity contribution in [3.8, 4) is 0 Å². The van der Waals surface area contributed by atoms with Crippen molar-refractivity contribution in [2.45, 2.75) is 6.42 Å². The molecule has 2 N–H and O–H groups in total. The third-order valence-electron chi connectivity index (χ3n) is 1.93. The summed E-state index contributed by atoms with van der Waals surface area (Å²) in [5.74, 6) is 0.283. The van der Waals surface area contributed by atoms with Gasteiger partial charge in [-0.15, -0.1) is 0 Å². The van der Waals surface area contributed by atoms with Crippen molar-refractivity contribution in [3.63, 3.8) is 0 Å². The van der Waals surface area contributed by atoms with Crippen molar-refractivity contribution in [1.82, 2.24) is 14.9 Å². The van der Waals surface area contributed by atoms with Crippen molar-refractivity contribution in [3.05, 3.63) is 21.7 Å². The minimum absolute atomic E-state index is 0.000183. The highest BCUT2D eigenvalue weighted by molar-refractivity contribution is 6.32. The average molecular weight is 245 g/mol. The summed E-state index contributed by atoms with van der Waals surface area (Å²) in [4.78, 5) is 30.0. The zero-order valence-electron chi connectivity index (χ0n) is 9.08. The van der Waals surface area contributed by atoms with Gasteiger partial charge in [-0.05, 0) is 0 Å². The molecule has 0 fully saturated rings. The second-order valence-electron chi connectivity index (χ2n) is 3.36. The highest BCUT2D eigenvalue weighted by Gasteiger charge is 2.07. The highest BCUT2D eigenvalue weighted by atomic mass is 35.5. The lowest BCUT2D eigenvalue weighted by Gasteiger charge is -2.10. The second-order valence-corrected chi connectivity index (χ2v) is 3.74. The Morgan fingerprint density at radius 2 is 2.31 bits per heavy atom. The number of nitrogens with one attached hydrogen (secondary N) is 2. The molecule has 0 unspecified atom stereocenters. The average Bonchev–Trinajstić information content (AvgIpc) is 2.24. The molecule has 0 radical (unpaired) electrons. The van der Waals surface area contributed by atoms with E-state index in [2.05, 4.69) is 15.3 Å². The molecule has 1 amide bonds. The molecule has 6 nitrogen and oxygen atoms in total. The number of anilines is 1. The number of H-pyrrole nitrogens is 1. The number of amides is 1. The van der Waals surface area contributed by atoms with Gasteiger partial charge >= 0.3 is 0 Å². The van der Waals surface area contributed by atoms with Gasteiger partial charge in [-0.2, -0.15) is 0 Å². The summed E-state index contributed by atoms with van der Waals surface area (Å²) in [6.07, 6.45) is 1.57. The van der Waals surface area contributed by atoms with Gasteiger partial charge in [-0.3, -0.25) is 9.59 Å². The van der Waals surface area contributed by atoms with Crippen LogP contribution in [-0.4, -0.2) is 41.4 Å². The molecule has 1 aromatic heterocycles. The zero-order valence-corrected chi connectivity index (χ0v) is 9.84. The summed E-state index contributed by atoms with van der Waals surface area (Å²) in [6, 6.07) is 0. The first-order chi connectivity index (χ1) is 7.52. The number of aromatic amines is 1. The fraction of sp³-hybridized carbons (Fsp3) is 0.444. The Bertz CT molecular complexity index is 430. The molecule has 88 valence electrons. The van der Waals surface area contributed by atoms with Crippen LogP contribution in [-0.2, 0) is 4.79 Å². The van der Waals surface area contributed by atoms with E-state index >= 15 is 0 Å². The molecule has 0 saturated heterocycles. The fourth-order valence-corrected chi connectivity index (χ4v) is 1.19. The summed E-state index contributed by atoms with van der Waals surface area (Å²) in [6.45, 7) is 0.382. The molecule has 0 aliphatic heterocycles. The maximum absolute atomic E-state index is 11.2. The monoisotopic (exact) mass is 244 g/mol. The minimum Gasteiger partial charge on any atom is -0.368 e. The van der Waals surface area contributed by atoms with E-state index in [4.69, 9.17) is 11.6 Å². The summed E-state index contributed by atoms with van der Waals surface area (Å²) < 4.78 is 0. The Kier molecular flexibility index (Phi) is 4.30. The Hall–Kier alpha value is -1.56. The molecule has 7 heteroatoms. The number of carbonyl (C=O) groups excluding carboxylic acids is 1. The van der Waals surface area contributed by atoms with Crippen LogP contribution in [0.4, 0.5) is 5.82 Å². The number of hydrogen-bond donors (Lipinski definition) is 2. The summed E-state index contributed by atoms with van der Waals surface area (Å²) >= 11 is 5.71. The van der Waals surface area contributed by atoms with E-state index in [9.17, 15) is 9.59 Å². The predicted octanol–water partition coefficient (Wildman–Crippen LogP) is 0.313. The molecule has 0 spiro atoms. The molecule has 1 rings (SSSR count). The smallest absolute Gasteiger partial charge is 0.271 e. The van der Waals surface area contributed by atoms with Gasteiger partial charge in [0.2, 0.25) is 5.91 Å². The molecule has 0 aromatic carbocycles. The van der Waals surface area contributed by atoms with Gasteiger partial charge in [0.1, 0.15) is 5.02 Å². The van der Waals surface area contributed by atoms with E-state index in [1.165, 1.54) is 11.2 Å². The van der Waals surface area contributed by atoms with Gasteiger partial charge in [0.15, 0.2) is 5.82 Å². The lowest BCUT2D eigenvalue weighted by molar-refractivity contribution is -0.128. The molecular weight excluding hydrogens is 232 g/mol. The third-order valence-corrected chi connectivity index (χ3v) is 2.28. The van der Waals surface area contributed by atoms with Crippen molar-refractivity contribution < 1.29 is 4.79 Å². The van der Waals surface area contributed by atoms with E-state index < -0.39 is 5.56 Å². The molecule has 1 aromatic rings. The van der Waals surface area contributed by atoms with Gasteiger partial charge in [0, 0.05) is 27.1 Å². The minimum atomic E-state index is -0.405. The van der Waals surface area contributed by atoms with Gasteiger partial charge in [0.25, 0.3) is 5.56 Å². The molecule has 1 heterocycles. The summed E-state index contributed by atoms with van der Waals surface area (Å²) in [7, 11) is 3.36. The number of aromatic nitrogens is 2. The molecular formula is C9H13ClN4O2. The lowest BCUT2D eigenvalue weighted by atomic mass is 10.4. The van der Waals surface area contributed by atoms with Gasteiger partial charge in [0.05, 0.1) is 6.33 Å². The largest absolute Gasteiger partial charge is 0.368 e. The van der Waals surface area contributed by atoms with E-state index in [-0.39, 0.29) is 16.7 Å². The molecule has 0 atom stereocenters. The first-order valence-corrected chi connectivity index (χ1v) is 5.07. The van der Waals surface area contributed by atoms with Crippen LogP contribution in [0.5, 0.6) is 0 Å². The molecule has 0 aliphatic carbocycles. The normalized spacial score (nSPS) is 9.94. The second kappa shape index (κ2) is 5.50. The van der Waals surface area contributed by atoms with Crippen LogP contribution in [0.25, 0.3) is 0 Å². The van der Waals surface area contributed by atoms with Crippen LogP contribution in [0.2, 0.25) is 5.02 Å². The first-order valence-electron chi connectivity index (χ1n) is 4.69. The molecule has 0 aliphatic rings. The topological polar surface area (TPSA) is 78.1 Å². The number of carbonyl (C=O) groups is 1. The van der Waals surface area contributed by atoms with Crippen molar-refractivity contribution >= 4 is 23.3 Å². The predicted molar refractivity (Wildman–Crippen MR) is 61.7 cm³/mol. The lowest BCUT2D eigenvalue weighted by Crippen LogP contribution is -2.24. The van der Waals surface area contributed by atoms with E-state index in [0.717, 1.165) is 0 Å². The number of nitrogens with zero attached hydrogens (tertiary/aromatic N) is 2. The highest BCUT2D eigenvalue weighted by Crippen LogP contribution is 2.11. The van der Waals surface area contributed by atoms with Gasteiger partial charge < -0.3 is 15.2 Å². The third kappa shape index (κ3) is 3.23.